The van der Waals surface area contributed by atoms with E-state index in [2.05, 4.69) is 23.1 Å². The van der Waals surface area contributed by atoms with Gasteiger partial charge in [0.1, 0.15) is 0 Å². The Hall–Kier alpha value is -1.39. The first-order valence-electron chi connectivity index (χ1n) is 9.30. The van der Waals surface area contributed by atoms with E-state index < -0.39 is 0 Å². The van der Waals surface area contributed by atoms with E-state index in [1.165, 1.54) is 17.5 Å². The summed E-state index contributed by atoms with van der Waals surface area (Å²) in [5, 5.41) is 10.2. The molecular weight excluding hydrogens is 300 g/mol. The number of benzene rings is 1. The molecule has 0 aromatic heterocycles. The van der Waals surface area contributed by atoms with Crippen molar-refractivity contribution in [3.63, 3.8) is 0 Å². The fourth-order valence-corrected chi connectivity index (χ4v) is 4.07. The van der Waals surface area contributed by atoms with Crippen LogP contribution in [0.1, 0.15) is 43.7 Å². The summed E-state index contributed by atoms with van der Waals surface area (Å²) in [6.07, 6.45) is 5.04. The molecule has 1 aliphatic heterocycles. The maximum Gasteiger partial charge on any atom is 0.239 e. The molecule has 1 saturated carbocycles. The second kappa shape index (κ2) is 7.66. The number of nitrogens with zero attached hydrogens (tertiary/aromatic N) is 2. The normalized spacial score (nSPS) is 25.4. The molecule has 1 aromatic carbocycles. The molecule has 0 radical (unpaired) electrons. The quantitative estimate of drug-likeness (QED) is 0.922. The first-order valence-corrected chi connectivity index (χ1v) is 9.30. The van der Waals surface area contributed by atoms with Crippen LogP contribution in [0, 0.1) is 5.92 Å². The zero-order chi connectivity index (χ0) is 17.1. The Morgan fingerprint density at radius 2 is 2.00 bits per heavy atom. The highest BCUT2D eigenvalue weighted by Crippen LogP contribution is 2.26. The maximum absolute atomic E-state index is 12.9. The van der Waals surface area contributed by atoms with E-state index in [1.54, 1.807) is 0 Å². The predicted molar refractivity (Wildman–Crippen MR) is 95.6 cm³/mol. The minimum atomic E-state index is -0.203. The van der Waals surface area contributed by atoms with Gasteiger partial charge >= 0.3 is 0 Å². The number of fused-ring (bicyclic) bond motifs is 1. The summed E-state index contributed by atoms with van der Waals surface area (Å²) >= 11 is 0. The van der Waals surface area contributed by atoms with Crippen LogP contribution >= 0.6 is 0 Å². The summed E-state index contributed by atoms with van der Waals surface area (Å²) in [6.45, 7) is 4.33. The second-order valence-electron chi connectivity index (χ2n) is 7.51. The highest BCUT2D eigenvalue weighted by Gasteiger charge is 2.30. The average Bonchev–Trinajstić information content (AvgIpc) is 2.62. The van der Waals surface area contributed by atoms with E-state index in [4.69, 9.17) is 0 Å². The molecule has 1 amide bonds. The van der Waals surface area contributed by atoms with E-state index in [0.717, 1.165) is 45.3 Å². The highest BCUT2D eigenvalue weighted by atomic mass is 16.3. The maximum atomic E-state index is 12.9. The Labute approximate surface area is 145 Å². The van der Waals surface area contributed by atoms with Gasteiger partial charge in [0.25, 0.3) is 0 Å². The molecule has 2 aliphatic rings. The van der Waals surface area contributed by atoms with Gasteiger partial charge in [-0.05, 0) is 50.3 Å². The van der Waals surface area contributed by atoms with Gasteiger partial charge < -0.3 is 10.0 Å². The van der Waals surface area contributed by atoms with Crippen LogP contribution in [0.3, 0.4) is 0 Å². The van der Waals surface area contributed by atoms with Crippen LogP contribution in [0.2, 0.25) is 0 Å². The molecular formula is C20H30N2O2. The van der Waals surface area contributed by atoms with Crippen LogP contribution in [-0.2, 0) is 17.8 Å². The van der Waals surface area contributed by atoms with E-state index in [1.807, 2.05) is 24.9 Å². The summed E-state index contributed by atoms with van der Waals surface area (Å²) in [7, 11) is 2.02. The molecule has 0 bridgehead atoms. The zero-order valence-electron chi connectivity index (χ0n) is 14.9. The number of rotatable bonds is 4. The number of hydrogen-bond acceptors (Lipinski definition) is 3. The minimum Gasteiger partial charge on any atom is -0.393 e. The molecule has 3 unspecified atom stereocenters. The van der Waals surface area contributed by atoms with Crippen LogP contribution < -0.4 is 0 Å². The lowest BCUT2D eigenvalue weighted by Crippen LogP contribution is -2.49. The van der Waals surface area contributed by atoms with Crippen molar-refractivity contribution < 1.29 is 9.90 Å². The Morgan fingerprint density at radius 1 is 1.29 bits per heavy atom. The third kappa shape index (κ3) is 3.81. The van der Waals surface area contributed by atoms with Crippen molar-refractivity contribution in [1.29, 1.82) is 0 Å². The Morgan fingerprint density at radius 3 is 2.75 bits per heavy atom. The third-order valence-electron chi connectivity index (χ3n) is 5.85. The summed E-state index contributed by atoms with van der Waals surface area (Å²) in [5.74, 6) is 0.512. The van der Waals surface area contributed by atoms with Gasteiger partial charge in [-0.2, -0.15) is 0 Å². The number of aliphatic hydroxyl groups is 1. The van der Waals surface area contributed by atoms with Crippen molar-refractivity contribution in [2.24, 2.45) is 5.92 Å². The number of aliphatic hydroxyl groups excluding tert-OH is 1. The molecule has 0 saturated heterocycles. The van der Waals surface area contributed by atoms with Gasteiger partial charge in [0.05, 0.1) is 12.1 Å². The van der Waals surface area contributed by atoms with Crippen LogP contribution in [0.4, 0.5) is 0 Å². The molecule has 1 fully saturated rings. The van der Waals surface area contributed by atoms with E-state index in [9.17, 15) is 9.90 Å². The van der Waals surface area contributed by atoms with Gasteiger partial charge in [-0.3, -0.25) is 9.69 Å². The number of likely N-dealkylation sites (N-methyl/N-ethyl adjacent to an activating group) is 1. The van der Waals surface area contributed by atoms with Gasteiger partial charge in [-0.1, -0.05) is 37.1 Å². The fourth-order valence-electron chi connectivity index (χ4n) is 4.07. The summed E-state index contributed by atoms with van der Waals surface area (Å²) in [4.78, 5) is 17.0. The van der Waals surface area contributed by atoms with Crippen LogP contribution in [0.15, 0.2) is 24.3 Å². The molecule has 1 heterocycles. The molecule has 0 spiro atoms. The van der Waals surface area contributed by atoms with Gasteiger partial charge in [0, 0.05) is 19.6 Å². The molecule has 3 rings (SSSR count). The van der Waals surface area contributed by atoms with Gasteiger partial charge in [0.2, 0.25) is 5.91 Å². The van der Waals surface area contributed by atoms with Gasteiger partial charge in [-0.15, -0.1) is 0 Å². The topological polar surface area (TPSA) is 43.8 Å². The van der Waals surface area contributed by atoms with Gasteiger partial charge in [-0.25, -0.2) is 0 Å². The van der Waals surface area contributed by atoms with E-state index in [-0.39, 0.29) is 18.1 Å². The fraction of sp³-hybridized carbons (Fsp3) is 0.650. The third-order valence-corrected chi connectivity index (χ3v) is 5.85. The Balaban J connectivity index is 1.58. The SMILES string of the molecule is CC(C(=O)N1CCc2ccccc2C1)N(C)CC1CCCCC1O. The largest absolute Gasteiger partial charge is 0.393 e. The number of carbonyl (C=O) groups is 1. The predicted octanol–water partition coefficient (Wildman–Crippen LogP) is 2.44. The lowest BCUT2D eigenvalue weighted by molar-refractivity contribution is -0.137. The molecule has 1 aliphatic carbocycles. The van der Waals surface area contributed by atoms with Crippen LogP contribution in [-0.4, -0.2) is 53.1 Å². The van der Waals surface area contributed by atoms with Gasteiger partial charge in [0.15, 0.2) is 0 Å². The van der Waals surface area contributed by atoms with E-state index >= 15 is 0 Å². The first kappa shape index (κ1) is 17.4. The molecule has 24 heavy (non-hydrogen) atoms. The molecule has 4 heteroatoms. The minimum absolute atomic E-state index is 0.135. The van der Waals surface area contributed by atoms with Crippen LogP contribution in [0.25, 0.3) is 0 Å². The van der Waals surface area contributed by atoms with Crippen molar-refractivity contribution in [1.82, 2.24) is 9.80 Å². The Kier molecular flexibility index (Phi) is 5.57. The highest BCUT2D eigenvalue weighted by molar-refractivity contribution is 5.81. The lowest BCUT2D eigenvalue weighted by Gasteiger charge is -2.36. The Bertz CT molecular complexity index is 575. The smallest absolute Gasteiger partial charge is 0.239 e. The van der Waals surface area contributed by atoms with Crippen LogP contribution in [0.5, 0.6) is 0 Å². The first-order chi connectivity index (χ1) is 11.6. The molecule has 4 nitrogen and oxygen atoms in total. The average molecular weight is 330 g/mol. The van der Waals surface area contributed by atoms with Crippen molar-refractivity contribution in [2.75, 3.05) is 20.1 Å². The van der Waals surface area contributed by atoms with Crippen molar-refractivity contribution in [3.8, 4) is 0 Å². The summed E-state index contributed by atoms with van der Waals surface area (Å²) in [5.41, 5.74) is 2.64. The monoisotopic (exact) mass is 330 g/mol. The standard InChI is InChI=1S/C20H30N2O2/c1-15(21(2)13-18-9-5-6-10-19(18)23)20(24)22-12-11-16-7-3-4-8-17(16)14-22/h3-4,7-8,15,18-19,23H,5-6,9-14H2,1-2H3. The number of carbonyl (C=O) groups excluding carboxylic acids is 1. The summed E-state index contributed by atoms with van der Waals surface area (Å²) in [6, 6.07) is 8.28. The van der Waals surface area contributed by atoms with E-state index in [0.29, 0.717) is 5.92 Å². The molecule has 132 valence electrons. The van der Waals surface area contributed by atoms with Crippen molar-refractivity contribution in [3.05, 3.63) is 35.4 Å². The number of amides is 1. The summed E-state index contributed by atoms with van der Waals surface area (Å²) < 4.78 is 0. The lowest BCUT2D eigenvalue weighted by atomic mass is 9.86. The number of hydrogen-bond donors (Lipinski definition) is 1. The molecule has 1 aromatic rings. The zero-order valence-corrected chi connectivity index (χ0v) is 14.9. The van der Waals surface area contributed by atoms with Crippen molar-refractivity contribution in [2.45, 2.75) is 57.7 Å². The second-order valence-corrected chi connectivity index (χ2v) is 7.51. The molecule has 1 N–H and O–H groups in total. The molecule has 3 atom stereocenters. The van der Waals surface area contributed by atoms with Crippen molar-refractivity contribution >= 4 is 5.91 Å².